The van der Waals surface area contributed by atoms with Gasteiger partial charge in [0, 0.05) is 5.56 Å². The quantitative estimate of drug-likeness (QED) is 0.908. The maximum Gasteiger partial charge on any atom is 0.231 e. The Kier molecular flexibility index (Phi) is 2.85. The highest BCUT2D eigenvalue weighted by molar-refractivity contribution is 7.92. The van der Waals surface area contributed by atoms with Crippen LogP contribution in [0.15, 0.2) is 22.7 Å². The van der Waals surface area contributed by atoms with Gasteiger partial charge in [-0.15, -0.1) is 0 Å². The lowest BCUT2D eigenvalue weighted by atomic mass is 9.86. The van der Waals surface area contributed by atoms with Crippen LogP contribution in [0.5, 0.6) is 0 Å². The Labute approximate surface area is 106 Å². The summed E-state index contributed by atoms with van der Waals surface area (Å²) in [6, 6.07) is 5.61. The van der Waals surface area contributed by atoms with Crippen molar-refractivity contribution in [1.82, 2.24) is 5.16 Å². The maximum atomic E-state index is 11.2. The molecule has 1 aromatic carbocycles. The summed E-state index contributed by atoms with van der Waals surface area (Å²) in [7, 11) is -3.36. The zero-order valence-corrected chi connectivity index (χ0v) is 11.6. The van der Waals surface area contributed by atoms with E-state index in [0.29, 0.717) is 11.0 Å². The molecule has 5 nitrogen and oxygen atoms in total. The number of aromatic nitrogens is 1. The van der Waals surface area contributed by atoms with Gasteiger partial charge in [-0.3, -0.25) is 4.72 Å². The van der Waals surface area contributed by atoms with Crippen molar-refractivity contribution < 1.29 is 12.9 Å². The van der Waals surface area contributed by atoms with E-state index in [0.717, 1.165) is 11.8 Å². The van der Waals surface area contributed by atoms with Crippen LogP contribution < -0.4 is 4.72 Å². The molecule has 0 amide bonds. The van der Waals surface area contributed by atoms with Gasteiger partial charge in [0.2, 0.25) is 10.0 Å². The third-order valence-corrected chi connectivity index (χ3v) is 3.15. The summed E-state index contributed by atoms with van der Waals surface area (Å²) in [5, 5.41) is 4.46. The Bertz CT molecular complexity index is 681. The Morgan fingerprint density at radius 2 is 1.94 bits per heavy atom. The number of hydrogen-bond donors (Lipinski definition) is 1. The van der Waals surface area contributed by atoms with Crippen LogP contribution in [0.25, 0.3) is 11.0 Å². The van der Waals surface area contributed by atoms with E-state index in [1.54, 1.807) is 6.07 Å². The fourth-order valence-electron chi connectivity index (χ4n) is 1.80. The van der Waals surface area contributed by atoms with Crippen LogP contribution in [0.4, 0.5) is 5.82 Å². The normalized spacial score (nSPS) is 12.9. The van der Waals surface area contributed by atoms with Crippen molar-refractivity contribution in [2.75, 3.05) is 11.0 Å². The van der Waals surface area contributed by atoms with Gasteiger partial charge in [0.1, 0.15) is 0 Å². The van der Waals surface area contributed by atoms with Gasteiger partial charge in [0.05, 0.1) is 11.6 Å². The number of para-hydroxylation sites is 1. The van der Waals surface area contributed by atoms with Crippen molar-refractivity contribution in [1.29, 1.82) is 0 Å². The van der Waals surface area contributed by atoms with Crippen LogP contribution >= 0.6 is 0 Å². The molecular weight excluding hydrogens is 252 g/mol. The number of nitrogens with one attached hydrogen (secondary N) is 1. The van der Waals surface area contributed by atoms with Crippen molar-refractivity contribution in [2.24, 2.45) is 0 Å². The number of hydrogen-bond acceptors (Lipinski definition) is 4. The van der Waals surface area contributed by atoms with Gasteiger partial charge in [-0.1, -0.05) is 38.1 Å². The Balaban J connectivity index is 2.63. The van der Waals surface area contributed by atoms with Gasteiger partial charge in [-0.25, -0.2) is 8.42 Å². The molecule has 1 N–H and O–H groups in total. The van der Waals surface area contributed by atoms with Gasteiger partial charge in [-0.2, -0.15) is 0 Å². The molecule has 0 aliphatic rings. The van der Waals surface area contributed by atoms with E-state index in [1.165, 1.54) is 0 Å². The molecule has 0 aliphatic heterocycles. The molecule has 0 spiro atoms. The molecule has 18 heavy (non-hydrogen) atoms. The lowest BCUT2D eigenvalue weighted by Crippen LogP contribution is -2.11. The molecule has 98 valence electrons. The predicted molar refractivity (Wildman–Crippen MR) is 71.2 cm³/mol. The summed E-state index contributed by atoms with van der Waals surface area (Å²) in [6.07, 6.45) is 1.08. The minimum Gasteiger partial charge on any atom is -0.354 e. The second-order valence-electron chi connectivity index (χ2n) is 5.34. The lowest BCUT2D eigenvalue weighted by Gasteiger charge is -2.18. The summed E-state index contributed by atoms with van der Waals surface area (Å²) >= 11 is 0. The molecule has 0 atom stereocenters. The molecule has 0 unspecified atom stereocenters. The SMILES string of the molecule is CC(C)(C)c1cccc2c(NS(C)(=O)=O)noc12. The van der Waals surface area contributed by atoms with Gasteiger partial charge >= 0.3 is 0 Å². The molecule has 0 saturated heterocycles. The van der Waals surface area contributed by atoms with E-state index < -0.39 is 10.0 Å². The summed E-state index contributed by atoms with van der Waals surface area (Å²) in [4.78, 5) is 0. The van der Waals surface area contributed by atoms with E-state index in [9.17, 15) is 8.42 Å². The molecule has 0 fully saturated rings. The topological polar surface area (TPSA) is 72.2 Å². The fourth-order valence-corrected chi connectivity index (χ4v) is 2.30. The van der Waals surface area contributed by atoms with E-state index in [1.807, 2.05) is 12.1 Å². The smallest absolute Gasteiger partial charge is 0.231 e. The van der Waals surface area contributed by atoms with Crippen molar-refractivity contribution in [3.05, 3.63) is 23.8 Å². The summed E-state index contributed by atoms with van der Waals surface area (Å²) in [6.45, 7) is 6.19. The largest absolute Gasteiger partial charge is 0.354 e. The second kappa shape index (κ2) is 3.98. The first kappa shape index (κ1) is 12.9. The van der Waals surface area contributed by atoms with Gasteiger partial charge in [0.25, 0.3) is 0 Å². The first-order valence-electron chi connectivity index (χ1n) is 5.55. The minimum atomic E-state index is -3.36. The van der Waals surface area contributed by atoms with Crippen LogP contribution in [-0.4, -0.2) is 19.8 Å². The number of nitrogens with zero attached hydrogens (tertiary/aromatic N) is 1. The van der Waals surface area contributed by atoms with Gasteiger partial charge in [-0.05, 0) is 11.5 Å². The standard InChI is InChI=1S/C12H16N2O3S/c1-12(2,3)9-7-5-6-8-10(9)17-13-11(8)14-18(4,15)16/h5-7H,1-4H3,(H,13,14). The summed E-state index contributed by atoms with van der Waals surface area (Å²) in [5.41, 5.74) is 1.52. The highest BCUT2D eigenvalue weighted by Crippen LogP contribution is 2.33. The lowest BCUT2D eigenvalue weighted by molar-refractivity contribution is 0.449. The molecule has 1 heterocycles. The Hall–Kier alpha value is -1.56. The molecule has 2 rings (SSSR count). The molecule has 2 aromatic rings. The van der Waals surface area contributed by atoms with Crippen molar-refractivity contribution in [3.8, 4) is 0 Å². The molecule has 1 aromatic heterocycles. The van der Waals surface area contributed by atoms with Crippen molar-refractivity contribution in [2.45, 2.75) is 26.2 Å². The monoisotopic (exact) mass is 268 g/mol. The maximum absolute atomic E-state index is 11.2. The summed E-state index contributed by atoms with van der Waals surface area (Å²) in [5.74, 6) is 0.235. The van der Waals surface area contributed by atoms with Crippen LogP contribution in [0.1, 0.15) is 26.3 Å². The number of rotatable bonds is 2. The third-order valence-electron chi connectivity index (χ3n) is 2.59. The average Bonchev–Trinajstić information content (AvgIpc) is 2.57. The highest BCUT2D eigenvalue weighted by Gasteiger charge is 2.21. The average molecular weight is 268 g/mol. The Morgan fingerprint density at radius 3 is 2.50 bits per heavy atom. The Morgan fingerprint density at radius 1 is 1.28 bits per heavy atom. The predicted octanol–water partition coefficient (Wildman–Crippen LogP) is 2.50. The number of sulfonamides is 1. The van der Waals surface area contributed by atoms with E-state index in [2.05, 4.69) is 30.6 Å². The highest BCUT2D eigenvalue weighted by atomic mass is 32.2. The minimum absolute atomic E-state index is 0.0958. The van der Waals surface area contributed by atoms with Crippen molar-refractivity contribution >= 4 is 26.8 Å². The number of fused-ring (bicyclic) bond motifs is 1. The molecule has 0 aliphatic carbocycles. The van der Waals surface area contributed by atoms with Gasteiger partial charge < -0.3 is 4.52 Å². The first-order chi connectivity index (χ1) is 8.18. The van der Waals surface area contributed by atoms with Crippen LogP contribution in [-0.2, 0) is 15.4 Å². The van der Waals surface area contributed by atoms with E-state index >= 15 is 0 Å². The van der Waals surface area contributed by atoms with E-state index in [-0.39, 0.29) is 11.2 Å². The number of anilines is 1. The van der Waals surface area contributed by atoms with Crippen LogP contribution in [0, 0.1) is 0 Å². The molecule has 0 radical (unpaired) electrons. The molecule has 0 saturated carbocycles. The molecule has 6 heteroatoms. The van der Waals surface area contributed by atoms with E-state index in [4.69, 9.17) is 4.52 Å². The summed E-state index contributed by atoms with van der Waals surface area (Å²) < 4.78 is 30.1. The van der Waals surface area contributed by atoms with Crippen LogP contribution in [0.3, 0.4) is 0 Å². The number of benzene rings is 1. The van der Waals surface area contributed by atoms with Crippen LogP contribution in [0.2, 0.25) is 0 Å². The van der Waals surface area contributed by atoms with Crippen molar-refractivity contribution in [3.63, 3.8) is 0 Å². The van der Waals surface area contributed by atoms with Gasteiger partial charge in [0.15, 0.2) is 11.4 Å². The third kappa shape index (κ3) is 2.48. The zero-order valence-electron chi connectivity index (χ0n) is 10.8. The fraction of sp³-hybridized carbons (Fsp3) is 0.417. The zero-order chi connectivity index (χ0) is 13.6. The first-order valence-corrected chi connectivity index (χ1v) is 7.44. The second-order valence-corrected chi connectivity index (χ2v) is 7.09. The molecular formula is C12H16N2O3S. The molecule has 0 bridgehead atoms.